The molecule has 6 heteroatoms. The summed E-state index contributed by atoms with van der Waals surface area (Å²) in [6.07, 6.45) is 5.10. The summed E-state index contributed by atoms with van der Waals surface area (Å²) < 4.78 is 10.8. The Kier molecular flexibility index (Phi) is 9.30. The van der Waals surface area contributed by atoms with Gasteiger partial charge >= 0.3 is 0 Å². The second-order valence-electron chi connectivity index (χ2n) is 6.06. The molecule has 6 nitrogen and oxygen atoms in total. The number of benzene rings is 1. The van der Waals surface area contributed by atoms with Crippen molar-refractivity contribution in [3.63, 3.8) is 0 Å². The predicted octanol–water partition coefficient (Wildman–Crippen LogP) is 3.97. The molecule has 150 valence electrons. The Labute approximate surface area is 167 Å². The third kappa shape index (κ3) is 6.46. The highest BCUT2D eigenvalue weighted by atomic mass is 16.5. The molecule has 0 radical (unpaired) electrons. The van der Waals surface area contributed by atoms with Gasteiger partial charge in [-0.25, -0.2) is 4.99 Å². The number of hydrogen-bond acceptors (Lipinski definition) is 4. The van der Waals surface area contributed by atoms with E-state index in [1.54, 1.807) is 25.5 Å². The Morgan fingerprint density at radius 1 is 1.29 bits per heavy atom. The molecule has 0 aliphatic carbocycles. The van der Waals surface area contributed by atoms with Gasteiger partial charge in [-0.15, -0.1) is 0 Å². The van der Waals surface area contributed by atoms with Gasteiger partial charge in [-0.3, -0.25) is 4.79 Å². The standard InChI is InChI=1S/C22H29N3O3/c1-7-13-28-18(8-2)20(15(3)4)25-21(23)16(5)22(26)24-14-17-11-9-10-12-19(17)27-6/h7-13H,5,14H2,1-4,6H3,(H2,23,25)(H,24,26)/b13-7-,18-8-. The van der Waals surface area contributed by atoms with E-state index in [4.69, 9.17) is 15.2 Å². The molecule has 1 amide bonds. The van der Waals surface area contributed by atoms with Crippen LogP contribution >= 0.6 is 0 Å². The number of nitrogens with two attached hydrogens (primary N) is 1. The Morgan fingerprint density at radius 2 is 1.96 bits per heavy atom. The molecule has 1 aromatic carbocycles. The number of para-hydroxylation sites is 1. The first-order valence-corrected chi connectivity index (χ1v) is 8.91. The van der Waals surface area contributed by atoms with Crippen LogP contribution in [-0.2, 0) is 16.1 Å². The highest BCUT2D eigenvalue weighted by molar-refractivity contribution is 6.19. The largest absolute Gasteiger partial charge is 0.496 e. The Balaban J connectivity index is 2.93. The van der Waals surface area contributed by atoms with Gasteiger partial charge in [-0.05, 0) is 45.4 Å². The molecule has 0 spiro atoms. The summed E-state index contributed by atoms with van der Waals surface area (Å²) in [5.74, 6) is 0.859. The van der Waals surface area contributed by atoms with E-state index in [1.807, 2.05) is 52.0 Å². The van der Waals surface area contributed by atoms with Crippen molar-refractivity contribution in [3.8, 4) is 5.75 Å². The van der Waals surface area contributed by atoms with Gasteiger partial charge in [0.15, 0.2) is 0 Å². The Hall–Kier alpha value is -3.28. The number of aliphatic imine (C=N–C) groups is 1. The van der Waals surface area contributed by atoms with Gasteiger partial charge in [0.05, 0.1) is 18.9 Å². The van der Waals surface area contributed by atoms with Gasteiger partial charge < -0.3 is 20.5 Å². The number of nitrogens with one attached hydrogen (secondary N) is 1. The zero-order valence-electron chi connectivity index (χ0n) is 17.2. The maximum Gasteiger partial charge on any atom is 0.254 e. The second kappa shape index (κ2) is 11.4. The van der Waals surface area contributed by atoms with Crippen LogP contribution < -0.4 is 15.8 Å². The quantitative estimate of drug-likeness (QED) is 0.222. The average Bonchev–Trinajstić information content (AvgIpc) is 2.70. The van der Waals surface area contributed by atoms with Crippen LogP contribution in [-0.4, -0.2) is 18.9 Å². The molecule has 0 saturated carbocycles. The zero-order valence-corrected chi connectivity index (χ0v) is 17.2. The predicted molar refractivity (Wildman–Crippen MR) is 114 cm³/mol. The SMILES string of the molecule is C=C(C(=O)NCc1ccccc1OC)C(N)=NC(=C(C)C)/C(=C/C)O/C=C\C. The maximum atomic E-state index is 12.4. The van der Waals surface area contributed by atoms with Crippen molar-refractivity contribution >= 4 is 11.7 Å². The van der Waals surface area contributed by atoms with Crippen molar-refractivity contribution in [2.24, 2.45) is 10.7 Å². The number of amides is 1. The Bertz CT molecular complexity index is 829. The van der Waals surface area contributed by atoms with Crippen LogP contribution in [0.15, 0.2) is 76.9 Å². The first kappa shape index (κ1) is 22.8. The summed E-state index contributed by atoms with van der Waals surface area (Å²) >= 11 is 0. The van der Waals surface area contributed by atoms with E-state index in [0.717, 1.165) is 11.1 Å². The summed E-state index contributed by atoms with van der Waals surface area (Å²) in [5, 5.41) is 2.78. The molecule has 28 heavy (non-hydrogen) atoms. The first-order valence-electron chi connectivity index (χ1n) is 8.91. The number of rotatable bonds is 9. The van der Waals surface area contributed by atoms with Crippen LogP contribution in [0, 0.1) is 0 Å². The highest BCUT2D eigenvalue weighted by Gasteiger charge is 2.14. The van der Waals surface area contributed by atoms with Crippen molar-refractivity contribution in [1.82, 2.24) is 5.32 Å². The minimum atomic E-state index is -0.406. The zero-order chi connectivity index (χ0) is 21.1. The van der Waals surface area contributed by atoms with E-state index >= 15 is 0 Å². The van der Waals surface area contributed by atoms with Crippen LogP contribution in [0.2, 0.25) is 0 Å². The third-order valence-corrected chi connectivity index (χ3v) is 3.75. The van der Waals surface area contributed by atoms with Crippen molar-refractivity contribution in [2.45, 2.75) is 34.2 Å². The van der Waals surface area contributed by atoms with Crippen molar-refractivity contribution in [1.29, 1.82) is 0 Å². The smallest absolute Gasteiger partial charge is 0.254 e. The topological polar surface area (TPSA) is 85.9 Å². The lowest BCUT2D eigenvalue weighted by molar-refractivity contribution is -0.117. The maximum absolute atomic E-state index is 12.4. The normalized spacial score (nSPS) is 11.9. The van der Waals surface area contributed by atoms with Crippen molar-refractivity contribution in [3.05, 3.63) is 77.4 Å². The van der Waals surface area contributed by atoms with Crippen molar-refractivity contribution in [2.75, 3.05) is 7.11 Å². The molecule has 0 aromatic heterocycles. The summed E-state index contributed by atoms with van der Waals surface area (Å²) in [7, 11) is 1.58. The molecular weight excluding hydrogens is 354 g/mol. The van der Waals surface area contributed by atoms with Gasteiger partial charge in [0.1, 0.15) is 23.0 Å². The number of carbonyl (C=O) groups excluding carboxylic acids is 1. The van der Waals surface area contributed by atoms with Crippen LogP contribution in [0.25, 0.3) is 0 Å². The number of allylic oxidation sites excluding steroid dienone is 3. The van der Waals surface area contributed by atoms with Gasteiger partial charge in [0, 0.05) is 12.1 Å². The highest BCUT2D eigenvalue weighted by Crippen LogP contribution is 2.19. The summed E-state index contributed by atoms with van der Waals surface area (Å²) in [6.45, 7) is 11.5. The van der Waals surface area contributed by atoms with E-state index in [1.165, 1.54) is 0 Å². The average molecular weight is 383 g/mol. The molecular formula is C22H29N3O3. The molecule has 0 aliphatic rings. The summed E-state index contributed by atoms with van der Waals surface area (Å²) in [6, 6.07) is 7.44. The van der Waals surface area contributed by atoms with Crippen LogP contribution in [0.1, 0.15) is 33.3 Å². The van der Waals surface area contributed by atoms with E-state index in [9.17, 15) is 4.79 Å². The molecule has 0 fully saturated rings. The lowest BCUT2D eigenvalue weighted by Crippen LogP contribution is -2.31. The van der Waals surface area contributed by atoms with Crippen LogP contribution in [0.5, 0.6) is 5.75 Å². The van der Waals surface area contributed by atoms with Gasteiger partial charge in [-0.1, -0.05) is 30.9 Å². The minimum absolute atomic E-state index is 0.0251. The van der Waals surface area contributed by atoms with Crippen molar-refractivity contribution < 1.29 is 14.3 Å². The fourth-order valence-electron chi connectivity index (χ4n) is 2.25. The fraction of sp³-hybridized carbons (Fsp3) is 0.273. The van der Waals surface area contributed by atoms with E-state index < -0.39 is 5.91 Å². The van der Waals surface area contributed by atoms with E-state index in [-0.39, 0.29) is 18.0 Å². The Morgan fingerprint density at radius 3 is 2.54 bits per heavy atom. The number of ether oxygens (including phenoxy) is 2. The summed E-state index contributed by atoms with van der Waals surface area (Å²) in [5.41, 5.74) is 8.41. The number of amidine groups is 1. The minimum Gasteiger partial charge on any atom is -0.496 e. The monoisotopic (exact) mass is 383 g/mol. The van der Waals surface area contributed by atoms with Gasteiger partial charge in [0.25, 0.3) is 5.91 Å². The number of carbonyl (C=O) groups is 1. The number of methoxy groups -OCH3 is 1. The molecule has 0 aliphatic heterocycles. The fourth-order valence-corrected chi connectivity index (χ4v) is 2.25. The lowest BCUT2D eigenvalue weighted by atomic mass is 10.2. The molecule has 1 rings (SSSR count). The molecule has 0 saturated heterocycles. The van der Waals surface area contributed by atoms with Crippen LogP contribution in [0.4, 0.5) is 0 Å². The first-order chi connectivity index (χ1) is 13.3. The van der Waals surface area contributed by atoms with Crippen LogP contribution in [0.3, 0.4) is 0 Å². The molecule has 1 aromatic rings. The molecule has 0 atom stereocenters. The van der Waals surface area contributed by atoms with E-state index in [0.29, 0.717) is 17.2 Å². The molecule has 0 heterocycles. The summed E-state index contributed by atoms with van der Waals surface area (Å²) in [4.78, 5) is 16.8. The molecule has 3 N–H and O–H groups in total. The lowest BCUT2D eigenvalue weighted by Gasteiger charge is -2.12. The molecule has 0 bridgehead atoms. The number of nitrogens with zero attached hydrogens (tertiary/aromatic N) is 1. The molecule has 0 unspecified atom stereocenters. The third-order valence-electron chi connectivity index (χ3n) is 3.75. The van der Waals surface area contributed by atoms with Gasteiger partial charge in [0.2, 0.25) is 0 Å². The van der Waals surface area contributed by atoms with Gasteiger partial charge in [-0.2, -0.15) is 0 Å². The number of hydrogen-bond donors (Lipinski definition) is 2. The second-order valence-corrected chi connectivity index (χ2v) is 6.06. The van der Waals surface area contributed by atoms with E-state index in [2.05, 4.69) is 16.9 Å².